The third kappa shape index (κ3) is 10.1. The first-order chi connectivity index (χ1) is 28.1. The molecule has 0 aromatic heterocycles. The Kier molecular flexibility index (Phi) is 15.4. The number of hydrogen-bond acceptors (Lipinski definition) is 1. The van der Waals surface area contributed by atoms with E-state index < -0.39 is 0 Å². The van der Waals surface area contributed by atoms with Crippen LogP contribution >= 0.6 is 15.8 Å². The molecule has 9 aliphatic rings. The van der Waals surface area contributed by atoms with Gasteiger partial charge < -0.3 is 4.74 Å². The average molecular weight is 817 g/mol. The van der Waals surface area contributed by atoms with E-state index in [4.69, 9.17) is 4.74 Å². The minimum atomic E-state index is 0.177. The molecule has 12 unspecified atom stereocenters. The molecule has 0 radical (unpaired) electrons. The predicted octanol–water partition coefficient (Wildman–Crippen LogP) is 16.6. The van der Waals surface area contributed by atoms with Gasteiger partial charge in [-0.3, -0.25) is 0 Å². The highest BCUT2D eigenvalue weighted by molar-refractivity contribution is 7.60. The molecule has 57 heavy (non-hydrogen) atoms. The standard InChI is InChI=1S/C54H90OP2/c1-39-35-51-49(37-43(39)33-31-41-19-15-17-29-53(41)56(45-21-7-3-8-22-45)46-23-9-4-10-24-46)50-38-44(40(2)36-52(50)55-51)34-32-42-20-16-18-30-54(42)57(47-25-11-5-12-26-47)48-27-13-6-14-28-48/h31-34,39-54H,3-30,35-38H2,1-2H3/b33-31+,34-32+. The third-order valence-corrected chi connectivity index (χ3v) is 27.4. The van der Waals surface area contributed by atoms with Gasteiger partial charge in [-0.25, -0.2) is 0 Å². The molecular formula is C54H90OP2. The SMILES string of the molecule is CC1CC2OC3CC(C)C(/C=C/C4CCCCC4P(C4CCCCC4)C4CCCCC4)CC3C2CC1/C=C/C1CCCCC1P(C1CCCCC1)C1CCCCC1. The summed E-state index contributed by atoms with van der Waals surface area (Å²) in [5.74, 6) is 6.50. The Balaban J connectivity index is 0.869. The number of fused-ring (bicyclic) bond motifs is 3. The molecule has 3 heteroatoms. The van der Waals surface area contributed by atoms with Gasteiger partial charge >= 0.3 is 0 Å². The lowest BCUT2D eigenvalue weighted by atomic mass is 9.63. The molecule has 1 aliphatic heterocycles. The van der Waals surface area contributed by atoms with Crippen LogP contribution in [0, 0.1) is 47.3 Å². The fourth-order valence-electron chi connectivity index (χ4n) is 16.0. The Labute approximate surface area is 356 Å². The maximum absolute atomic E-state index is 7.12. The molecule has 1 nitrogen and oxygen atoms in total. The minimum Gasteiger partial charge on any atom is -0.374 e. The van der Waals surface area contributed by atoms with Crippen LogP contribution in [-0.2, 0) is 4.74 Å². The van der Waals surface area contributed by atoms with Crippen LogP contribution in [0.25, 0.3) is 0 Å². The zero-order valence-electron chi connectivity index (χ0n) is 37.5. The Bertz CT molecular complexity index is 1140. The van der Waals surface area contributed by atoms with E-state index in [0.29, 0.717) is 12.2 Å². The Morgan fingerprint density at radius 1 is 0.333 bits per heavy atom. The topological polar surface area (TPSA) is 9.23 Å². The van der Waals surface area contributed by atoms with E-state index in [1.165, 1.54) is 141 Å². The largest absolute Gasteiger partial charge is 0.374 e. The first-order valence-electron chi connectivity index (χ1n) is 26.7. The fourth-order valence-corrected chi connectivity index (χ4v) is 25.6. The minimum absolute atomic E-state index is 0.177. The van der Waals surface area contributed by atoms with Gasteiger partial charge in [0.25, 0.3) is 0 Å². The van der Waals surface area contributed by atoms with Crippen molar-refractivity contribution < 1.29 is 4.74 Å². The maximum atomic E-state index is 7.12. The van der Waals surface area contributed by atoms with Crippen LogP contribution in [0.3, 0.4) is 0 Å². The van der Waals surface area contributed by atoms with Gasteiger partial charge in [0.2, 0.25) is 0 Å². The van der Waals surface area contributed by atoms with E-state index in [1.54, 1.807) is 64.2 Å². The molecule has 1 saturated heterocycles. The Morgan fingerprint density at radius 3 is 0.982 bits per heavy atom. The molecule has 8 aliphatic carbocycles. The zero-order valence-corrected chi connectivity index (χ0v) is 39.3. The quantitative estimate of drug-likeness (QED) is 0.158. The van der Waals surface area contributed by atoms with Crippen LogP contribution in [0.4, 0.5) is 0 Å². The van der Waals surface area contributed by atoms with Crippen molar-refractivity contribution in [3.63, 3.8) is 0 Å². The van der Waals surface area contributed by atoms with Crippen molar-refractivity contribution in [3.05, 3.63) is 24.3 Å². The summed E-state index contributed by atoms with van der Waals surface area (Å²) in [5, 5.41) is 0. The molecule has 1 heterocycles. The average Bonchev–Trinajstić information content (AvgIpc) is 3.59. The van der Waals surface area contributed by atoms with Crippen molar-refractivity contribution >= 4 is 15.8 Å². The summed E-state index contributed by atoms with van der Waals surface area (Å²) >= 11 is 0. The second-order valence-corrected chi connectivity index (χ2v) is 28.7. The summed E-state index contributed by atoms with van der Waals surface area (Å²) in [4.78, 5) is 0. The van der Waals surface area contributed by atoms with Gasteiger partial charge in [-0.05, 0) is 184 Å². The summed E-state index contributed by atoms with van der Waals surface area (Å²) in [7, 11) is 0.353. The lowest BCUT2D eigenvalue weighted by Crippen LogP contribution is -2.37. The van der Waals surface area contributed by atoms with Crippen molar-refractivity contribution in [2.45, 2.75) is 265 Å². The second-order valence-electron chi connectivity index (χ2n) is 22.6. The number of ether oxygens (including phenoxy) is 1. The normalized spacial score (nSPS) is 42.6. The van der Waals surface area contributed by atoms with Crippen molar-refractivity contribution in [1.82, 2.24) is 0 Å². The highest BCUT2D eigenvalue weighted by Gasteiger charge is 2.52. The molecule has 322 valence electrons. The summed E-state index contributed by atoms with van der Waals surface area (Å²) in [6.45, 7) is 5.21. The highest BCUT2D eigenvalue weighted by atomic mass is 31.1. The van der Waals surface area contributed by atoms with Crippen LogP contribution in [-0.4, -0.2) is 46.2 Å². The first-order valence-corrected chi connectivity index (χ1v) is 29.8. The molecule has 0 spiro atoms. The number of hydrogen-bond donors (Lipinski definition) is 0. The van der Waals surface area contributed by atoms with E-state index in [-0.39, 0.29) is 15.8 Å². The van der Waals surface area contributed by atoms with Gasteiger partial charge in [-0.15, -0.1) is 0 Å². The van der Waals surface area contributed by atoms with Crippen molar-refractivity contribution in [2.75, 3.05) is 0 Å². The van der Waals surface area contributed by atoms with Gasteiger partial charge in [0.15, 0.2) is 0 Å². The summed E-state index contributed by atoms with van der Waals surface area (Å²) in [6.07, 6.45) is 61.3. The summed E-state index contributed by atoms with van der Waals surface area (Å²) < 4.78 is 7.12. The van der Waals surface area contributed by atoms with E-state index in [9.17, 15) is 0 Å². The van der Waals surface area contributed by atoms with Gasteiger partial charge in [0, 0.05) is 0 Å². The van der Waals surface area contributed by atoms with Gasteiger partial charge in [0.05, 0.1) is 12.2 Å². The molecule has 9 rings (SSSR count). The maximum Gasteiger partial charge on any atom is 0.0613 e. The monoisotopic (exact) mass is 817 g/mol. The molecule has 0 bridgehead atoms. The summed E-state index contributed by atoms with van der Waals surface area (Å²) in [5.41, 5.74) is 6.50. The third-order valence-electron chi connectivity index (χ3n) is 19.1. The summed E-state index contributed by atoms with van der Waals surface area (Å²) in [6, 6.07) is 0. The van der Waals surface area contributed by atoms with Crippen LogP contribution in [0.1, 0.15) is 219 Å². The molecule has 12 atom stereocenters. The highest BCUT2D eigenvalue weighted by Crippen LogP contribution is 2.65. The van der Waals surface area contributed by atoms with Gasteiger partial charge in [0.1, 0.15) is 0 Å². The van der Waals surface area contributed by atoms with Gasteiger partial charge in [-0.1, -0.05) is 157 Å². The Morgan fingerprint density at radius 2 is 0.632 bits per heavy atom. The van der Waals surface area contributed by atoms with Crippen molar-refractivity contribution in [1.29, 1.82) is 0 Å². The van der Waals surface area contributed by atoms with E-state index >= 15 is 0 Å². The molecule has 0 N–H and O–H groups in total. The smallest absolute Gasteiger partial charge is 0.0613 e. The molecule has 0 aromatic rings. The molecule has 0 amide bonds. The lowest BCUT2D eigenvalue weighted by molar-refractivity contribution is -0.0189. The van der Waals surface area contributed by atoms with Crippen molar-refractivity contribution in [2.24, 2.45) is 47.3 Å². The van der Waals surface area contributed by atoms with Crippen molar-refractivity contribution in [3.8, 4) is 0 Å². The zero-order chi connectivity index (χ0) is 38.6. The number of allylic oxidation sites excluding steroid dienone is 4. The molecule has 8 saturated carbocycles. The van der Waals surface area contributed by atoms with Gasteiger partial charge in [-0.2, -0.15) is 0 Å². The van der Waals surface area contributed by atoms with Crippen LogP contribution in [0.15, 0.2) is 24.3 Å². The molecule has 9 fully saturated rings. The fraction of sp³-hybridized carbons (Fsp3) is 0.926. The van der Waals surface area contributed by atoms with Crippen LogP contribution < -0.4 is 0 Å². The van der Waals surface area contributed by atoms with E-state index in [1.807, 2.05) is 0 Å². The van der Waals surface area contributed by atoms with E-state index in [0.717, 1.165) is 81.3 Å². The van der Waals surface area contributed by atoms with Crippen LogP contribution in [0.5, 0.6) is 0 Å². The van der Waals surface area contributed by atoms with Crippen LogP contribution in [0.2, 0.25) is 0 Å². The Hall–Kier alpha value is 0.300. The van der Waals surface area contributed by atoms with E-state index in [2.05, 4.69) is 38.2 Å². The lowest BCUT2D eigenvalue weighted by Gasteiger charge is -2.47. The molecule has 0 aromatic carbocycles. The predicted molar refractivity (Wildman–Crippen MR) is 251 cm³/mol. The first kappa shape index (κ1) is 42.6. The second kappa shape index (κ2) is 20.7. The number of rotatable bonds is 10. The molecular weight excluding hydrogens is 727 g/mol.